The van der Waals surface area contributed by atoms with Crippen LogP contribution in [0, 0.1) is 5.92 Å². The van der Waals surface area contributed by atoms with Crippen LogP contribution in [0.3, 0.4) is 0 Å². The molecular weight excluding hydrogens is 426 g/mol. The molecule has 0 spiro atoms. The third-order valence-electron chi connectivity index (χ3n) is 6.81. The summed E-state index contributed by atoms with van der Waals surface area (Å²) in [4.78, 5) is 21.0. The summed E-state index contributed by atoms with van der Waals surface area (Å²) in [6.45, 7) is 3.95. The lowest BCUT2D eigenvalue weighted by Gasteiger charge is -2.25. The van der Waals surface area contributed by atoms with Gasteiger partial charge in [0.05, 0.1) is 23.8 Å². The van der Waals surface area contributed by atoms with E-state index in [0.717, 1.165) is 54.1 Å². The van der Waals surface area contributed by atoms with Crippen LogP contribution >= 0.6 is 0 Å². The lowest BCUT2D eigenvalue weighted by Crippen LogP contribution is -2.26. The number of nitrogens with zero attached hydrogens (tertiary/aromatic N) is 2. The van der Waals surface area contributed by atoms with E-state index < -0.39 is 0 Å². The van der Waals surface area contributed by atoms with Gasteiger partial charge in [-0.3, -0.25) is 9.78 Å². The molecule has 178 valence electrons. The van der Waals surface area contributed by atoms with Gasteiger partial charge < -0.3 is 24.9 Å². The van der Waals surface area contributed by atoms with Crippen molar-refractivity contribution < 1.29 is 4.74 Å². The van der Waals surface area contributed by atoms with Gasteiger partial charge in [0.15, 0.2) is 0 Å². The van der Waals surface area contributed by atoms with Crippen molar-refractivity contribution >= 4 is 27.4 Å². The van der Waals surface area contributed by atoms with E-state index in [-0.39, 0.29) is 5.56 Å². The van der Waals surface area contributed by atoms with Crippen molar-refractivity contribution in [2.24, 2.45) is 5.92 Å². The Hall–Kier alpha value is -3.16. The number of hydrogen-bond acceptors (Lipinski definition) is 5. The number of rotatable bonds is 11. The van der Waals surface area contributed by atoms with Crippen molar-refractivity contribution in [3.63, 3.8) is 0 Å². The van der Waals surface area contributed by atoms with Gasteiger partial charge in [0, 0.05) is 55.8 Å². The molecule has 1 aliphatic carbocycles. The van der Waals surface area contributed by atoms with Crippen molar-refractivity contribution in [1.29, 1.82) is 0 Å². The standard InChI is InChI=1S/C27H33N5O2/c1-34-11-3-9-30-26-17-29-16-24-23(26)8-10-32(27(24)33)18-20-6-7-21-13-22(31-25(21)12-20)15-28-14-19-4-2-5-19/h6-8,10,12-13,16-17,19,28,30-31H,2-5,9,11,14-15,18H2,1H3. The fourth-order valence-corrected chi connectivity index (χ4v) is 4.64. The molecule has 7 nitrogen and oxygen atoms in total. The monoisotopic (exact) mass is 459 g/mol. The van der Waals surface area contributed by atoms with Crippen LogP contribution in [0.4, 0.5) is 5.69 Å². The van der Waals surface area contributed by atoms with Crippen LogP contribution in [0.15, 0.2) is 53.7 Å². The number of ether oxygens (including phenoxy) is 1. The van der Waals surface area contributed by atoms with Gasteiger partial charge >= 0.3 is 0 Å². The van der Waals surface area contributed by atoms with Crippen molar-refractivity contribution in [1.82, 2.24) is 19.9 Å². The Morgan fingerprint density at radius 2 is 2.09 bits per heavy atom. The topological polar surface area (TPSA) is 84.0 Å². The molecule has 1 aliphatic rings. The number of aromatic nitrogens is 3. The van der Waals surface area contributed by atoms with Crippen LogP contribution in [0.2, 0.25) is 0 Å². The van der Waals surface area contributed by atoms with Gasteiger partial charge in [0.1, 0.15) is 0 Å². The van der Waals surface area contributed by atoms with Gasteiger partial charge in [-0.25, -0.2) is 0 Å². The van der Waals surface area contributed by atoms with Crippen LogP contribution < -0.4 is 16.2 Å². The quantitative estimate of drug-likeness (QED) is 0.292. The Bertz CT molecular complexity index is 1320. The number of anilines is 1. The molecular formula is C27H33N5O2. The number of methoxy groups -OCH3 is 1. The number of aromatic amines is 1. The molecule has 0 bridgehead atoms. The lowest BCUT2D eigenvalue weighted by atomic mass is 9.85. The first-order valence-electron chi connectivity index (χ1n) is 12.2. The molecule has 34 heavy (non-hydrogen) atoms. The Morgan fingerprint density at radius 1 is 1.18 bits per heavy atom. The maximum Gasteiger partial charge on any atom is 0.260 e. The van der Waals surface area contributed by atoms with E-state index in [4.69, 9.17) is 4.74 Å². The largest absolute Gasteiger partial charge is 0.385 e. The van der Waals surface area contributed by atoms with E-state index in [1.807, 2.05) is 12.3 Å². The number of benzene rings is 1. The van der Waals surface area contributed by atoms with E-state index in [0.29, 0.717) is 18.5 Å². The summed E-state index contributed by atoms with van der Waals surface area (Å²) in [6, 6.07) is 10.6. The van der Waals surface area contributed by atoms with Crippen LogP contribution in [0.1, 0.15) is 36.9 Å². The third kappa shape index (κ3) is 5.00. The van der Waals surface area contributed by atoms with Crippen LogP contribution in [-0.4, -0.2) is 41.3 Å². The average molecular weight is 460 g/mol. The fourth-order valence-electron chi connectivity index (χ4n) is 4.64. The highest BCUT2D eigenvalue weighted by Gasteiger charge is 2.16. The summed E-state index contributed by atoms with van der Waals surface area (Å²) >= 11 is 0. The fraction of sp³-hybridized carbons (Fsp3) is 0.407. The van der Waals surface area contributed by atoms with Crippen LogP contribution in [-0.2, 0) is 17.8 Å². The molecule has 0 aliphatic heterocycles. The van der Waals surface area contributed by atoms with Gasteiger partial charge in [-0.2, -0.15) is 0 Å². The normalized spacial score (nSPS) is 14.0. The van der Waals surface area contributed by atoms with Gasteiger partial charge in [0.25, 0.3) is 5.56 Å². The van der Waals surface area contributed by atoms with Crippen LogP contribution in [0.5, 0.6) is 0 Å². The second kappa shape index (κ2) is 10.4. The van der Waals surface area contributed by atoms with Crippen LogP contribution in [0.25, 0.3) is 21.7 Å². The number of pyridine rings is 2. The molecule has 0 unspecified atom stereocenters. The molecule has 3 aromatic heterocycles. The molecule has 3 heterocycles. The summed E-state index contributed by atoms with van der Waals surface area (Å²) in [6.07, 6.45) is 10.3. The summed E-state index contributed by atoms with van der Waals surface area (Å²) < 4.78 is 6.86. The lowest BCUT2D eigenvalue weighted by molar-refractivity contribution is 0.198. The molecule has 1 aromatic carbocycles. The number of H-pyrrole nitrogens is 1. The zero-order valence-corrected chi connectivity index (χ0v) is 19.8. The molecule has 1 saturated carbocycles. The maximum absolute atomic E-state index is 13.2. The second-order valence-corrected chi connectivity index (χ2v) is 9.31. The van der Waals surface area contributed by atoms with E-state index in [1.54, 1.807) is 24.1 Å². The van der Waals surface area contributed by atoms with E-state index in [9.17, 15) is 4.79 Å². The highest BCUT2D eigenvalue weighted by Crippen LogP contribution is 2.25. The maximum atomic E-state index is 13.2. The van der Waals surface area contributed by atoms with Crippen molar-refractivity contribution in [2.75, 3.05) is 32.1 Å². The first-order valence-corrected chi connectivity index (χ1v) is 12.2. The summed E-state index contributed by atoms with van der Waals surface area (Å²) in [5.41, 5.74) is 4.25. The Morgan fingerprint density at radius 3 is 2.91 bits per heavy atom. The van der Waals surface area contributed by atoms with Crippen molar-refractivity contribution in [3.05, 3.63) is 70.5 Å². The molecule has 0 amide bonds. The predicted octanol–water partition coefficient (Wildman–Crippen LogP) is 4.26. The SMILES string of the molecule is COCCCNc1cncc2c(=O)n(Cc3ccc4cc(CNCC5CCC5)[nH]c4c3)ccc12. The molecule has 0 atom stereocenters. The Labute approximate surface area is 199 Å². The highest BCUT2D eigenvalue weighted by atomic mass is 16.5. The van der Waals surface area contributed by atoms with Gasteiger partial charge in [-0.15, -0.1) is 0 Å². The first-order chi connectivity index (χ1) is 16.7. The predicted molar refractivity (Wildman–Crippen MR) is 137 cm³/mol. The third-order valence-corrected chi connectivity index (χ3v) is 6.81. The van der Waals surface area contributed by atoms with Gasteiger partial charge in [-0.1, -0.05) is 18.6 Å². The number of nitrogens with one attached hydrogen (secondary N) is 3. The molecule has 5 rings (SSSR count). The summed E-state index contributed by atoms with van der Waals surface area (Å²) in [7, 11) is 1.70. The smallest absolute Gasteiger partial charge is 0.260 e. The number of hydrogen-bond donors (Lipinski definition) is 3. The van der Waals surface area contributed by atoms with E-state index in [1.165, 1.54) is 30.3 Å². The Kier molecular flexibility index (Phi) is 6.92. The molecule has 0 saturated heterocycles. The van der Waals surface area contributed by atoms with Crippen molar-refractivity contribution in [2.45, 2.75) is 38.8 Å². The zero-order valence-electron chi connectivity index (χ0n) is 19.8. The molecule has 7 heteroatoms. The number of fused-ring (bicyclic) bond motifs is 2. The Balaban J connectivity index is 1.30. The average Bonchev–Trinajstić information content (AvgIpc) is 3.22. The minimum atomic E-state index is -0.0296. The first kappa shape index (κ1) is 22.6. The van der Waals surface area contributed by atoms with Crippen molar-refractivity contribution in [3.8, 4) is 0 Å². The summed E-state index contributed by atoms with van der Waals surface area (Å²) in [5.74, 6) is 0.856. The minimum Gasteiger partial charge on any atom is -0.385 e. The molecule has 3 N–H and O–H groups in total. The van der Waals surface area contributed by atoms with E-state index in [2.05, 4.69) is 44.9 Å². The van der Waals surface area contributed by atoms with Gasteiger partial charge in [0.2, 0.25) is 0 Å². The molecule has 0 radical (unpaired) electrons. The molecule has 1 fully saturated rings. The zero-order chi connectivity index (χ0) is 23.3. The summed E-state index contributed by atoms with van der Waals surface area (Å²) in [5, 5.41) is 9.66. The van der Waals surface area contributed by atoms with Gasteiger partial charge in [-0.05, 0) is 60.9 Å². The van der Waals surface area contributed by atoms with E-state index >= 15 is 0 Å². The second-order valence-electron chi connectivity index (χ2n) is 9.31. The minimum absolute atomic E-state index is 0.0296. The molecule has 4 aromatic rings. The highest BCUT2D eigenvalue weighted by molar-refractivity contribution is 5.92.